The van der Waals surface area contributed by atoms with E-state index in [1.807, 2.05) is 0 Å². The lowest BCUT2D eigenvalue weighted by Gasteiger charge is -2.28. The van der Waals surface area contributed by atoms with Crippen molar-refractivity contribution in [3.8, 4) is 0 Å². The van der Waals surface area contributed by atoms with Crippen molar-refractivity contribution in [2.45, 2.75) is 46.7 Å². The molecule has 0 unspecified atom stereocenters. The average molecular weight is 374 g/mol. The highest BCUT2D eigenvalue weighted by atomic mass is 16.5. The minimum atomic E-state index is 0.518. The fourth-order valence-electron chi connectivity index (χ4n) is 3.11. The van der Waals surface area contributed by atoms with Crippen molar-refractivity contribution in [1.82, 2.24) is 14.7 Å². The van der Waals surface area contributed by atoms with Gasteiger partial charge in [-0.05, 0) is 34.2 Å². The van der Waals surface area contributed by atoms with E-state index >= 15 is 0 Å². The summed E-state index contributed by atoms with van der Waals surface area (Å²) in [6, 6.07) is 1.04. The van der Waals surface area contributed by atoms with Gasteiger partial charge in [0.15, 0.2) is 0 Å². The normalized spacial score (nSPS) is 23.2. The minimum Gasteiger partial charge on any atom is -0.379 e. The highest BCUT2D eigenvalue weighted by molar-refractivity contribution is 4.65. The lowest BCUT2D eigenvalue weighted by molar-refractivity contribution is 0.0286. The molecule has 1 fully saturated rings. The van der Waals surface area contributed by atoms with Gasteiger partial charge in [0.2, 0.25) is 0 Å². The largest absolute Gasteiger partial charge is 0.379 e. The number of hydrogen-bond acceptors (Lipinski definition) is 6. The van der Waals surface area contributed by atoms with Gasteiger partial charge in [-0.25, -0.2) is 0 Å². The summed E-state index contributed by atoms with van der Waals surface area (Å²) >= 11 is 0. The van der Waals surface area contributed by atoms with E-state index in [1.165, 1.54) is 0 Å². The first-order valence-electron chi connectivity index (χ1n) is 10.5. The van der Waals surface area contributed by atoms with Crippen LogP contribution in [0.15, 0.2) is 0 Å². The third kappa shape index (κ3) is 10.8. The predicted molar refractivity (Wildman–Crippen MR) is 108 cm³/mol. The fourth-order valence-corrected chi connectivity index (χ4v) is 3.11. The SMILES string of the molecule is CCN1CCOCCN(C(C)C)CCOCCN(C(C)C)CCOCC1. The average Bonchev–Trinajstić information content (AvgIpc) is 2.60. The van der Waals surface area contributed by atoms with Crippen LogP contribution in [0.2, 0.25) is 0 Å². The molecule has 0 atom stereocenters. The molecule has 0 radical (unpaired) electrons. The van der Waals surface area contributed by atoms with Crippen LogP contribution >= 0.6 is 0 Å². The molecule has 0 aromatic carbocycles. The van der Waals surface area contributed by atoms with E-state index in [4.69, 9.17) is 14.2 Å². The maximum Gasteiger partial charge on any atom is 0.0594 e. The van der Waals surface area contributed by atoms with Crippen LogP contribution in [0.1, 0.15) is 34.6 Å². The van der Waals surface area contributed by atoms with Gasteiger partial charge >= 0.3 is 0 Å². The fraction of sp³-hybridized carbons (Fsp3) is 1.00. The van der Waals surface area contributed by atoms with Gasteiger partial charge < -0.3 is 14.2 Å². The molecule has 1 saturated heterocycles. The summed E-state index contributed by atoms with van der Waals surface area (Å²) in [5, 5.41) is 0. The Morgan fingerprint density at radius 2 is 0.885 bits per heavy atom. The van der Waals surface area contributed by atoms with Gasteiger partial charge in [-0.3, -0.25) is 14.7 Å². The highest BCUT2D eigenvalue weighted by Crippen LogP contribution is 2.01. The standard InChI is InChI=1S/C20H43N3O3/c1-6-21-7-13-24-15-9-22(19(2)3)11-17-26-18-12-23(20(4)5)10-16-25-14-8-21/h19-20H,6-18H2,1-5H3. The maximum atomic E-state index is 5.90. The Hall–Kier alpha value is -0.240. The third-order valence-electron chi connectivity index (χ3n) is 5.10. The van der Waals surface area contributed by atoms with Crippen molar-refractivity contribution in [1.29, 1.82) is 0 Å². The summed E-state index contributed by atoms with van der Waals surface area (Å²) in [4.78, 5) is 7.28. The summed E-state index contributed by atoms with van der Waals surface area (Å²) in [5.74, 6) is 0. The molecular formula is C20H43N3O3. The van der Waals surface area contributed by atoms with Crippen LogP contribution in [0.3, 0.4) is 0 Å². The van der Waals surface area contributed by atoms with Gasteiger partial charge in [0.05, 0.1) is 39.6 Å². The van der Waals surface area contributed by atoms with Crippen LogP contribution in [-0.2, 0) is 14.2 Å². The number of likely N-dealkylation sites (N-methyl/N-ethyl adjacent to an activating group) is 1. The molecule has 156 valence electrons. The second-order valence-electron chi connectivity index (χ2n) is 7.53. The molecule has 1 aliphatic rings. The van der Waals surface area contributed by atoms with Crippen LogP contribution in [0, 0.1) is 0 Å². The molecule has 1 rings (SSSR count). The van der Waals surface area contributed by atoms with Crippen LogP contribution in [0.4, 0.5) is 0 Å². The van der Waals surface area contributed by atoms with Crippen molar-refractivity contribution >= 4 is 0 Å². The summed E-state index contributed by atoms with van der Waals surface area (Å²) in [7, 11) is 0. The molecule has 1 aliphatic heterocycles. The molecule has 0 N–H and O–H groups in total. The maximum absolute atomic E-state index is 5.90. The molecule has 0 aliphatic carbocycles. The Bertz CT molecular complexity index is 301. The number of ether oxygens (including phenoxy) is 3. The Labute approximate surface area is 161 Å². The zero-order chi connectivity index (χ0) is 19.2. The van der Waals surface area contributed by atoms with Crippen LogP contribution in [0.5, 0.6) is 0 Å². The molecule has 0 aromatic heterocycles. The summed E-state index contributed by atoms with van der Waals surface area (Å²) in [6.45, 7) is 22.7. The van der Waals surface area contributed by atoms with E-state index in [1.54, 1.807) is 0 Å². The van der Waals surface area contributed by atoms with E-state index in [9.17, 15) is 0 Å². The first kappa shape index (κ1) is 23.8. The Kier molecular flexibility index (Phi) is 13.5. The topological polar surface area (TPSA) is 37.4 Å². The van der Waals surface area contributed by atoms with E-state index in [0.717, 1.165) is 85.5 Å². The first-order valence-corrected chi connectivity index (χ1v) is 10.5. The van der Waals surface area contributed by atoms with Crippen LogP contribution in [-0.4, -0.2) is 112 Å². The molecule has 0 bridgehead atoms. The van der Waals surface area contributed by atoms with Crippen molar-refractivity contribution in [2.75, 3.05) is 85.5 Å². The quantitative estimate of drug-likeness (QED) is 0.751. The molecule has 1 heterocycles. The molecule has 26 heavy (non-hydrogen) atoms. The van der Waals surface area contributed by atoms with Crippen molar-refractivity contribution in [3.63, 3.8) is 0 Å². The Balaban J connectivity index is 2.50. The molecule has 6 heteroatoms. The minimum absolute atomic E-state index is 0.518. The van der Waals surface area contributed by atoms with E-state index in [0.29, 0.717) is 12.1 Å². The van der Waals surface area contributed by atoms with Crippen molar-refractivity contribution < 1.29 is 14.2 Å². The zero-order valence-corrected chi connectivity index (χ0v) is 17.9. The van der Waals surface area contributed by atoms with Gasteiger partial charge in [-0.1, -0.05) is 6.92 Å². The van der Waals surface area contributed by atoms with E-state index < -0.39 is 0 Å². The van der Waals surface area contributed by atoms with Gasteiger partial charge in [0, 0.05) is 51.4 Å². The van der Waals surface area contributed by atoms with Crippen LogP contribution < -0.4 is 0 Å². The van der Waals surface area contributed by atoms with Gasteiger partial charge in [0.1, 0.15) is 0 Å². The number of rotatable bonds is 3. The molecular weight excluding hydrogens is 330 g/mol. The zero-order valence-electron chi connectivity index (χ0n) is 17.9. The lowest BCUT2D eigenvalue weighted by atomic mass is 10.3. The van der Waals surface area contributed by atoms with Gasteiger partial charge in [0.25, 0.3) is 0 Å². The molecule has 0 aromatic rings. The van der Waals surface area contributed by atoms with Crippen molar-refractivity contribution in [3.05, 3.63) is 0 Å². The predicted octanol–water partition coefficient (Wildman–Crippen LogP) is 1.79. The second-order valence-corrected chi connectivity index (χ2v) is 7.53. The second kappa shape index (κ2) is 14.8. The molecule has 0 spiro atoms. The highest BCUT2D eigenvalue weighted by Gasteiger charge is 2.12. The molecule has 6 nitrogen and oxygen atoms in total. The molecule has 0 saturated carbocycles. The summed E-state index contributed by atoms with van der Waals surface area (Å²) < 4.78 is 17.6. The monoisotopic (exact) mass is 373 g/mol. The smallest absolute Gasteiger partial charge is 0.0594 e. The first-order chi connectivity index (χ1) is 12.5. The Morgan fingerprint density at radius 1 is 0.577 bits per heavy atom. The van der Waals surface area contributed by atoms with Crippen molar-refractivity contribution in [2.24, 2.45) is 0 Å². The van der Waals surface area contributed by atoms with Gasteiger partial charge in [-0.2, -0.15) is 0 Å². The van der Waals surface area contributed by atoms with E-state index in [-0.39, 0.29) is 0 Å². The Morgan fingerprint density at radius 3 is 1.15 bits per heavy atom. The number of hydrogen-bond donors (Lipinski definition) is 0. The van der Waals surface area contributed by atoms with Gasteiger partial charge in [-0.15, -0.1) is 0 Å². The summed E-state index contributed by atoms with van der Waals surface area (Å²) in [5.41, 5.74) is 0. The van der Waals surface area contributed by atoms with Crippen LogP contribution in [0.25, 0.3) is 0 Å². The van der Waals surface area contributed by atoms with E-state index in [2.05, 4.69) is 49.3 Å². The molecule has 0 amide bonds. The number of nitrogens with zero attached hydrogens (tertiary/aromatic N) is 3. The lowest BCUT2D eigenvalue weighted by Crippen LogP contribution is -2.39. The third-order valence-corrected chi connectivity index (χ3v) is 5.10. The summed E-state index contributed by atoms with van der Waals surface area (Å²) in [6.07, 6.45) is 0.